The maximum absolute atomic E-state index is 5.94. The highest BCUT2D eigenvalue weighted by Crippen LogP contribution is 2.27. The Balaban J connectivity index is 2.14. The van der Waals surface area contributed by atoms with E-state index in [9.17, 15) is 0 Å². The average Bonchev–Trinajstić information content (AvgIpc) is 2.80. The summed E-state index contributed by atoms with van der Waals surface area (Å²) in [6.45, 7) is 2.35. The fourth-order valence-corrected chi connectivity index (χ4v) is 2.19. The highest BCUT2D eigenvalue weighted by Gasteiger charge is 2.09. The minimum Gasteiger partial charge on any atom is -0.487 e. The van der Waals surface area contributed by atoms with Crippen LogP contribution in [-0.2, 0) is 6.61 Å². The molecule has 2 aromatic rings. The molecule has 1 aromatic carbocycles. The van der Waals surface area contributed by atoms with E-state index in [1.807, 2.05) is 24.4 Å². The molecule has 17 heavy (non-hydrogen) atoms. The van der Waals surface area contributed by atoms with Gasteiger partial charge in [-0.15, -0.1) is 11.3 Å². The van der Waals surface area contributed by atoms with Crippen LogP contribution in [0.15, 0.2) is 29.1 Å². The Bertz CT molecular complexity index is 485. The molecule has 0 aliphatic heterocycles. The van der Waals surface area contributed by atoms with Gasteiger partial charge in [0.1, 0.15) is 12.4 Å². The van der Waals surface area contributed by atoms with E-state index in [1.165, 1.54) is 0 Å². The van der Waals surface area contributed by atoms with E-state index in [1.54, 1.807) is 22.9 Å². The van der Waals surface area contributed by atoms with Gasteiger partial charge in [-0.05, 0) is 25.1 Å². The number of thiazole rings is 1. The Kier molecular flexibility index (Phi) is 3.99. The molecule has 5 heteroatoms. The SMILES string of the molecule is C[C@H](N)c1cc(Cl)ccc1OCc1cscn1. The molecule has 0 fully saturated rings. The van der Waals surface area contributed by atoms with Gasteiger partial charge in [0.25, 0.3) is 0 Å². The second-order valence-electron chi connectivity index (χ2n) is 3.74. The van der Waals surface area contributed by atoms with Crippen molar-refractivity contribution in [1.29, 1.82) is 0 Å². The number of ether oxygens (including phenoxy) is 1. The van der Waals surface area contributed by atoms with Gasteiger partial charge >= 0.3 is 0 Å². The zero-order chi connectivity index (χ0) is 12.3. The number of hydrogen-bond acceptors (Lipinski definition) is 4. The molecule has 0 amide bonds. The van der Waals surface area contributed by atoms with E-state index >= 15 is 0 Å². The van der Waals surface area contributed by atoms with Crippen LogP contribution in [-0.4, -0.2) is 4.98 Å². The molecule has 1 atom stereocenters. The van der Waals surface area contributed by atoms with Gasteiger partial charge in [-0.1, -0.05) is 11.6 Å². The van der Waals surface area contributed by atoms with E-state index in [0.717, 1.165) is 17.0 Å². The lowest BCUT2D eigenvalue weighted by Gasteiger charge is -2.13. The van der Waals surface area contributed by atoms with Crippen LogP contribution in [0.1, 0.15) is 24.2 Å². The molecule has 0 bridgehead atoms. The van der Waals surface area contributed by atoms with Crippen LogP contribution in [0.3, 0.4) is 0 Å². The van der Waals surface area contributed by atoms with Gasteiger partial charge in [0.2, 0.25) is 0 Å². The fraction of sp³-hybridized carbons (Fsp3) is 0.250. The van der Waals surface area contributed by atoms with Gasteiger partial charge in [-0.3, -0.25) is 0 Å². The molecule has 90 valence electrons. The normalized spacial score (nSPS) is 12.4. The maximum atomic E-state index is 5.94. The molecule has 1 heterocycles. The smallest absolute Gasteiger partial charge is 0.131 e. The van der Waals surface area contributed by atoms with Gasteiger partial charge in [0.15, 0.2) is 0 Å². The first-order valence-electron chi connectivity index (χ1n) is 5.21. The quantitative estimate of drug-likeness (QED) is 0.925. The zero-order valence-electron chi connectivity index (χ0n) is 9.39. The summed E-state index contributed by atoms with van der Waals surface area (Å²) in [5.74, 6) is 0.761. The van der Waals surface area contributed by atoms with E-state index in [0.29, 0.717) is 11.6 Å². The lowest BCUT2D eigenvalue weighted by atomic mass is 10.1. The summed E-state index contributed by atoms with van der Waals surface area (Å²) in [5.41, 5.74) is 9.49. The van der Waals surface area contributed by atoms with Crippen molar-refractivity contribution in [3.8, 4) is 5.75 Å². The summed E-state index contributed by atoms with van der Waals surface area (Å²) >= 11 is 7.49. The number of aromatic nitrogens is 1. The van der Waals surface area contributed by atoms with Crippen molar-refractivity contribution in [3.05, 3.63) is 45.4 Å². The monoisotopic (exact) mass is 268 g/mol. The predicted octanol–water partition coefficient (Wildman–Crippen LogP) is 3.40. The second-order valence-corrected chi connectivity index (χ2v) is 4.89. The van der Waals surface area contributed by atoms with Gasteiger partial charge in [-0.2, -0.15) is 0 Å². The molecule has 0 saturated heterocycles. The number of nitrogens with zero attached hydrogens (tertiary/aromatic N) is 1. The molecule has 2 rings (SSSR count). The van der Waals surface area contributed by atoms with Crippen LogP contribution in [0, 0.1) is 0 Å². The number of halogens is 1. The van der Waals surface area contributed by atoms with Crippen molar-refractivity contribution < 1.29 is 4.74 Å². The van der Waals surface area contributed by atoms with Gasteiger partial charge < -0.3 is 10.5 Å². The van der Waals surface area contributed by atoms with Crippen molar-refractivity contribution in [2.45, 2.75) is 19.6 Å². The minimum atomic E-state index is -0.112. The molecular formula is C12H13ClN2OS. The van der Waals surface area contributed by atoms with Crippen LogP contribution in [0.2, 0.25) is 5.02 Å². The lowest BCUT2D eigenvalue weighted by Crippen LogP contribution is -2.08. The molecule has 1 aromatic heterocycles. The first kappa shape index (κ1) is 12.4. The maximum Gasteiger partial charge on any atom is 0.131 e. The molecule has 0 aliphatic carbocycles. The Morgan fingerprint density at radius 1 is 1.53 bits per heavy atom. The van der Waals surface area contributed by atoms with Crippen LogP contribution in [0.5, 0.6) is 5.75 Å². The number of benzene rings is 1. The second kappa shape index (κ2) is 5.49. The van der Waals surface area contributed by atoms with Crippen molar-refractivity contribution in [3.63, 3.8) is 0 Å². The van der Waals surface area contributed by atoms with E-state index in [2.05, 4.69) is 4.98 Å². The van der Waals surface area contributed by atoms with Crippen molar-refractivity contribution >= 4 is 22.9 Å². The largest absolute Gasteiger partial charge is 0.487 e. The summed E-state index contributed by atoms with van der Waals surface area (Å²) in [7, 11) is 0. The van der Waals surface area contributed by atoms with Crippen LogP contribution >= 0.6 is 22.9 Å². The van der Waals surface area contributed by atoms with Crippen molar-refractivity contribution in [1.82, 2.24) is 4.98 Å². The average molecular weight is 269 g/mol. The Labute approximate surface area is 109 Å². The molecule has 0 unspecified atom stereocenters. The fourth-order valence-electron chi connectivity index (χ4n) is 1.47. The minimum absolute atomic E-state index is 0.112. The third kappa shape index (κ3) is 3.19. The van der Waals surface area contributed by atoms with Crippen molar-refractivity contribution in [2.75, 3.05) is 0 Å². The summed E-state index contributed by atoms with van der Waals surface area (Å²) in [6.07, 6.45) is 0. The predicted molar refractivity (Wildman–Crippen MR) is 70.5 cm³/mol. The molecule has 0 spiro atoms. The third-order valence-electron chi connectivity index (χ3n) is 2.32. The van der Waals surface area contributed by atoms with E-state index < -0.39 is 0 Å². The van der Waals surface area contributed by atoms with E-state index in [4.69, 9.17) is 22.1 Å². The molecule has 0 aliphatic rings. The Morgan fingerprint density at radius 3 is 3.00 bits per heavy atom. The van der Waals surface area contributed by atoms with E-state index in [-0.39, 0.29) is 6.04 Å². The molecule has 0 saturated carbocycles. The van der Waals surface area contributed by atoms with Gasteiger partial charge in [-0.25, -0.2) is 4.98 Å². The summed E-state index contributed by atoms with van der Waals surface area (Å²) in [5, 5.41) is 2.62. The highest BCUT2D eigenvalue weighted by atomic mass is 35.5. The highest BCUT2D eigenvalue weighted by molar-refractivity contribution is 7.07. The Hall–Kier alpha value is -1.10. The molecule has 2 N–H and O–H groups in total. The lowest BCUT2D eigenvalue weighted by molar-refractivity contribution is 0.297. The third-order valence-corrected chi connectivity index (χ3v) is 3.19. The molecule has 0 radical (unpaired) electrons. The molecule has 3 nitrogen and oxygen atoms in total. The topological polar surface area (TPSA) is 48.1 Å². The van der Waals surface area contributed by atoms with Crippen molar-refractivity contribution in [2.24, 2.45) is 5.73 Å². The number of nitrogens with two attached hydrogens (primary N) is 1. The standard InChI is InChI=1S/C12H13ClN2OS/c1-8(14)11-4-9(13)2-3-12(11)16-5-10-6-17-7-15-10/h2-4,6-8H,5,14H2,1H3/t8-/m0/s1. The Morgan fingerprint density at radius 2 is 2.35 bits per heavy atom. The first-order chi connectivity index (χ1) is 8.16. The van der Waals surface area contributed by atoms with Gasteiger partial charge in [0, 0.05) is 22.0 Å². The van der Waals surface area contributed by atoms with Gasteiger partial charge in [0.05, 0.1) is 11.2 Å². The number of hydrogen-bond donors (Lipinski definition) is 1. The number of rotatable bonds is 4. The summed E-state index contributed by atoms with van der Waals surface area (Å²) < 4.78 is 5.70. The first-order valence-corrected chi connectivity index (χ1v) is 6.54. The van der Waals surface area contributed by atoms with Crippen LogP contribution < -0.4 is 10.5 Å². The summed E-state index contributed by atoms with van der Waals surface area (Å²) in [4.78, 5) is 4.16. The van der Waals surface area contributed by atoms with Crippen LogP contribution in [0.4, 0.5) is 0 Å². The zero-order valence-corrected chi connectivity index (χ0v) is 11.0. The molecular weight excluding hydrogens is 256 g/mol. The van der Waals surface area contributed by atoms with Crippen LogP contribution in [0.25, 0.3) is 0 Å². The summed E-state index contributed by atoms with van der Waals surface area (Å²) in [6, 6.07) is 5.36.